The molecule has 0 atom stereocenters. The molecule has 2 aromatic heterocycles. The summed E-state index contributed by atoms with van der Waals surface area (Å²) >= 11 is 0. The second-order valence-electron chi connectivity index (χ2n) is 8.02. The van der Waals surface area contributed by atoms with Crippen LogP contribution in [0.2, 0.25) is 0 Å². The van der Waals surface area contributed by atoms with E-state index in [4.69, 9.17) is 0 Å². The maximum Gasteiger partial charge on any atom is 0.274 e. The first kappa shape index (κ1) is 20.2. The highest BCUT2D eigenvalue weighted by Gasteiger charge is 2.32. The molecule has 5 rings (SSSR count). The Morgan fingerprint density at radius 1 is 0.938 bits per heavy atom. The second kappa shape index (κ2) is 8.07. The molecule has 0 unspecified atom stereocenters. The molecular weight excluding hydrogens is 413 g/mol. The van der Waals surface area contributed by atoms with E-state index in [1.165, 1.54) is 24.4 Å². The molecule has 1 aliphatic carbocycles. The zero-order valence-electron chi connectivity index (χ0n) is 17.4. The zero-order valence-corrected chi connectivity index (χ0v) is 17.4. The van der Waals surface area contributed by atoms with E-state index in [2.05, 4.69) is 10.1 Å². The van der Waals surface area contributed by atoms with Crippen LogP contribution in [-0.2, 0) is 12.8 Å². The predicted octanol–water partition coefficient (Wildman–Crippen LogP) is 1.79. The van der Waals surface area contributed by atoms with E-state index >= 15 is 0 Å². The fourth-order valence-corrected chi connectivity index (χ4v) is 4.42. The Balaban J connectivity index is 1.33. The first-order valence-corrected chi connectivity index (χ1v) is 10.7. The molecule has 3 heterocycles. The molecule has 1 fully saturated rings. The van der Waals surface area contributed by atoms with Crippen molar-refractivity contribution >= 4 is 11.8 Å². The lowest BCUT2D eigenvalue weighted by molar-refractivity contribution is 0.0531. The molecule has 8 nitrogen and oxygen atoms in total. The van der Waals surface area contributed by atoms with Crippen molar-refractivity contribution in [3.63, 3.8) is 0 Å². The molecule has 1 aromatic carbocycles. The topological polar surface area (TPSA) is 91.3 Å². The molecule has 1 aliphatic heterocycles. The molecule has 0 bridgehead atoms. The minimum Gasteiger partial charge on any atom is -0.335 e. The van der Waals surface area contributed by atoms with Gasteiger partial charge in [0.1, 0.15) is 11.5 Å². The summed E-state index contributed by atoms with van der Waals surface area (Å²) in [5.74, 6) is -0.745. The minimum absolute atomic E-state index is 0.182. The fourth-order valence-electron chi connectivity index (χ4n) is 4.42. The Morgan fingerprint density at radius 3 is 2.34 bits per heavy atom. The van der Waals surface area contributed by atoms with Gasteiger partial charge in [0.2, 0.25) is 5.56 Å². The number of nitrogens with zero attached hydrogens (tertiary/aromatic N) is 4. The lowest BCUT2D eigenvalue weighted by Crippen LogP contribution is -2.50. The number of aromatic nitrogens is 3. The number of para-hydroxylation sites is 1. The van der Waals surface area contributed by atoms with Crippen molar-refractivity contribution in [1.29, 1.82) is 0 Å². The fraction of sp³-hybridized carbons (Fsp3) is 0.304. The zero-order chi connectivity index (χ0) is 22.2. The second-order valence-corrected chi connectivity index (χ2v) is 8.02. The Kier molecular flexibility index (Phi) is 5.08. The summed E-state index contributed by atoms with van der Waals surface area (Å²) in [6, 6.07) is 9.25. The SMILES string of the molecule is O=C(c1ccc(=O)[nH]c1)N1CCN(C(=O)c2nn(-c3ccccc3F)c3c2CCC3)CC1. The maximum absolute atomic E-state index is 14.4. The van der Waals surface area contributed by atoms with Crippen LogP contribution < -0.4 is 5.56 Å². The first-order valence-electron chi connectivity index (χ1n) is 10.7. The molecule has 0 saturated carbocycles. The van der Waals surface area contributed by atoms with Crippen LogP contribution in [0.15, 0.2) is 47.4 Å². The average Bonchev–Trinajstić information content (AvgIpc) is 3.42. The van der Waals surface area contributed by atoms with E-state index in [1.54, 1.807) is 32.7 Å². The minimum atomic E-state index is -0.377. The number of pyridine rings is 1. The number of piperazine rings is 1. The van der Waals surface area contributed by atoms with Gasteiger partial charge in [0.25, 0.3) is 11.8 Å². The van der Waals surface area contributed by atoms with Crippen LogP contribution in [0.25, 0.3) is 5.69 Å². The van der Waals surface area contributed by atoms with Crippen molar-refractivity contribution in [2.45, 2.75) is 19.3 Å². The lowest BCUT2D eigenvalue weighted by Gasteiger charge is -2.34. The van der Waals surface area contributed by atoms with Gasteiger partial charge in [0.15, 0.2) is 5.69 Å². The van der Waals surface area contributed by atoms with Gasteiger partial charge in [-0.2, -0.15) is 5.10 Å². The Bertz CT molecular complexity index is 1240. The van der Waals surface area contributed by atoms with Gasteiger partial charge in [-0.3, -0.25) is 14.4 Å². The lowest BCUT2D eigenvalue weighted by atomic mass is 10.1. The number of nitrogens with one attached hydrogen (secondary N) is 1. The smallest absolute Gasteiger partial charge is 0.274 e. The number of hydrogen-bond donors (Lipinski definition) is 1. The van der Waals surface area contributed by atoms with Gasteiger partial charge in [-0.1, -0.05) is 12.1 Å². The molecule has 9 heteroatoms. The number of benzene rings is 1. The Morgan fingerprint density at radius 2 is 1.66 bits per heavy atom. The van der Waals surface area contributed by atoms with E-state index < -0.39 is 0 Å². The highest BCUT2D eigenvalue weighted by atomic mass is 19.1. The molecule has 3 aromatic rings. The number of aromatic amines is 1. The average molecular weight is 435 g/mol. The number of carbonyl (C=O) groups is 2. The van der Waals surface area contributed by atoms with Crippen molar-refractivity contribution in [1.82, 2.24) is 24.6 Å². The molecule has 32 heavy (non-hydrogen) atoms. The van der Waals surface area contributed by atoms with Crippen molar-refractivity contribution in [2.24, 2.45) is 0 Å². The van der Waals surface area contributed by atoms with Gasteiger partial charge < -0.3 is 14.8 Å². The van der Waals surface area contributed by atoms with Gasteiger partial charge in [-0.15, -0.1) is 0 Å². The van der Waals surface area contributed by atoms with Gasteiger partial charge in [0, 0.05) is 49.7 Å². The third kappa shape index (κ3) is 3.49. The van der Waals surface area contributed by atoms with Crippen LogP contribution >= 0.6 is 0 Å². The van der Waals surface area contributed by atoms with Gasteiger partial charge >= 0.3 is 0 Å². The highest BCUT2D eigenvalue weighted by Crippen LogP contribution is 2.29. The number of fused-ring (bicyclic) bond motifs is 1. The summed E-state index contributed by atoms with van der Waals surface area (Å²) in [5, 5.41) is 4.52. The largest absolute Gasteiger partial charge is 0.335 e. The van der Waals surface area contributed by atoms with Crippen LogP contribution in [0.1, 0.15) is 38.5 Å². The maximum atomic E-state index is 14.4. The van der Waals surface area contributed by atoms with Crippen LogP contribution in [-0.4, -0.2) is 62.6 Å². The molecular formula is C23H22FN5O3. The number of amides is 2. The third-order valence-corrected chi connectivity index (χ3v) is 6.10. The molecule has 1 saturated heterocycles. The van der Waals surface area contributed by atoms with Crippen LogP contribution in [0.4, 0.5) is 4.39 Å². The molecule has 2 amide bonds. The van der Waals surface area contributed by atoms with Crippen molar-refractivity contribution in [3.8, 4) is 5.69 Å². The van der Waals surface area contributed by atoms with E-state index in [0.717, 1.165) is 30.5 Å². The highest BCUT2D eigenvalue weighted by molar-refractivity contribution is 5.96. The Hall–Kier alpha value is -3.75. The summed E-state index contributed by atoms with van der Waals surface area (Å²) in [6.45, 7) is 1.55. The summed E-state index contributed by atoms with van der Waals surface area (Å²) in [4.78, 5) is 43.0. The Labute approximate surface area is 183 Å². The van der Waals surface area contributed by atoms with Crippen molar-refractivity contribution < 1.29 is 14.0 Å². The number of halogens is 1. The van der Waals surface area contributed by atoms with Crippen molar-refractivity contribution in [2.75, 3.05) is 26.2 Å². The number of rotatable bonds is 3. The van der Waals surface area contributed by atoms with Gasteiger partial charge in [-0.25, -0.2) is 9.07 Å². The number of hydrogen-bond acceptors (Lipinski definition) is 4. The van der Waals surface area contributed by atoms with Gasteiger partial charge in [0.05, 0.1) is 5.56 Å². The molecule has 0 radical (unpaired) electrons. The molecule has 0 spiro atoms. The monoisotopic (exact) mass is 435 g/mol. The van der Waals surface area contributed by atoms with Crippen molar-refractivity contribution in [3.05, 3.63) is 81.3 Å². The van der Waals surface area contributed by atoms with Crippen LogP contribution in [0.3, 0.4) is 0 Å². The van der Waals surface area contributed by atoms with E-state index in [-0.39, 0.29) is 23.2 Å². The number of H-pyrrole nitrogens is 1. The van der Waals surface area contributed by atoms with Crippen LogP contribution in [0, 0.1) is 5.82 Å². The number of carbonyl (C=O) groups excluding carboxylic acids is 2. The molecule has 1 N–H and O–H groups in total. The third-order valence-electron chi connectivity index (χ3n) is 6.10. The van der Waals surface area contributed by atoms with Gasteiger partial charge in [-0.05, 0) is 37.5 Å². The van der Waals surface area contributed by atoms with E-state index in [1.807, 2.05) is 0 Å². The standard InChI is InChI=1S/C23H22FN5O3/c24-17-5-1-2-6-19(17)29-18-7-3-4-16(18)21(26-29)23(32)28-12-10-27(11-13-28)22(31)15-8-9-20(30)25-14-15/h1-2,5-6,8-9,14H,3-4,7,10-13H2,(H,25,30). The first-order chi connectivity index (χ1) is 15.5. The quantitative estimate of drug-likeness (QED) is 0.679. The van der Waals surface area contributed by atoms with E-state index in [0.29, 0.717) is 43.1 Å². The van der Waals surface area contributed by atoms with E-state index in [9.17, 15) is 18.8 Å². The summed E-state index contributed by atoms with van der Waals surface area (Å²) in [6.07, 6.45) is 3.81. The summed E-state index contributed by atoms with van der Waals surface area (Å²) in [7, 11) is 0. The summed E-state index contributed by atoms with van der Waals surface area (Å²) < 4.78 is 15.9. The summed E-state index contributed by atoms with van der Waals surface area (Å²) in [5.41, 5.74) is 2.66. The van der Waals surface area contributed by atoms with Crippen LogP contribution in [0.5, 0.6) is 0 Å². The predicted molar refractivity (Wildman–Crippen MR) is 114 cm³/mol. The normalized spacial score (nSPS) is 15.7. The molecule has 164 valence electrons. The molecule has 2 aliphatic rings.